The van der Waals surface area contributed by atoms with Crippen LogP contribution in [0.2, 0.25) is 0 Å². The standard InChI is InChI=1S/C23H30N6O.ClH/c1-16(26-23(30)19-9-20(28(2)3)13-25-12-19)21-15-29-14-18(7-8-22(29)27-21)11-24-10-17-5-4-6-17;/h7-9,12-17,24H,4-6,10-11H2,1-3H3,(H,26,30);1H. The highest BCUT2D eigenvalue weighted by Crippen LogP contribution is 2.25. The third kappa shape index (κ3) is 5.54. The lowest BCUT2D eigenvalue weighted by atomic mass is 9.85. The minimum atomic E-state index is -0.208. The van der Waals surface area contributed by atoms with Crippen LogP contribution in [-0.4, -0.2) is 40.9 Å². The molecular weight excluding hydrogens is 412 g/mol. The zero-order chi connectivity index (χ0) is 21.1. The van der Waals surface area contributed by atoms with Gasteiger partial charge >= 0.3 is 0 Å². The van der Waals surface area contributed by atoms with Crippen molar-refractivity contribution in [1.82, 2.24) is 25.0 Å². The first-order valence-electron chi connectivity index (χ1n) is 10.6. The van der Waals surface area contributed by atoms with Crippen LogP contribution in [0.25, 0.3) is 5.65 Å². The number of imidazole rings is 1. The summed E-state index contributed by atoms with van der Waals surface area (Å²) in [5.74, 6) is 0.697. The summed E-state index contributed by atoms with van der Waals surface area (Å²) in [6, 6.07) is 5.77. The summed E-state index contributed by atoms with van der Waals surface area (Å²) in [5, 5.41) is 6.58. The Bertz CT molecular complexity index is 1030. The summed E-state index contributed by atoms with van der Waals surface area (Å²) in [6.07, 6.45) is 11.5. The van der Waals surface area contributed by atoms with Gasteiger partial charge in [-0.15, -0.1) is 12.4 Å². The van der Waals surface area contributed by atoms with Crippen molar-refractivity contribution in [2.24, 2.45) is 5.92 Å². The fourth-order valence-electron chi connectivity index (χ4n) is 3.64. The van der Waals surface area contributed by atoms with E-state index in [0.29, 0.717) is 5.56 Å². The number of amides is 1. The number of nitrogens with zero attached hydrogens (tertiary/aromatic N) is 4. The zero-order valence-electron chi connectivity index (χ0n) is 18.3. The van der Waals surface area contributed by atoms with E-state index < -0.39 is 0 Å². The van der Waals surface area contributed by atoms with Crippen LogP contribution < -0.4 is 15.5 Å². The van der Waals surface area contributed by atoms with Gasteiger partial charge in [0.25, 0.3) is 5.91 Å². The molecule has 0 spiro atoms. The number of hydrogen-bond donors (Lipinski definition) is 2. The van der Waals surface area contributed by atoms with E-state index in [-0.39, 0.29) is 24.4 Å². The molecule has 1 amide bonds. The number of hydrogen-bond acceptors (Lipinski definition) is 5. The topological polar surface area (TPSA) is 74.6 Å². The molecule has 1 saturated carbocycles. The summed E-state index contributed by atoms with van der Waals surface area (Å²) in [4.78, 5) is 23.4. The molecule has 0 aliphatic heterocycles. The molecule has 4 rings (SSSR count). The predicted molar refractivity (Wildman–Crippen MR) is 126 cm³/mol. The average Bonchev–Trinajstić information content (AvgIpc) is 3.13. The molecule has 0 aromatic carbocycles. The van der Waals surface area contributed by atoms with Gasteiger partial charge in [-0.2, -0.15) is 0 Å². The number of halogens is 1. The third-order valence-electron chi connectivity index (χ3n) is 5.81. The lowest BCUT2D eigenvalue weighted by molar-refractivity contribution is 0.0939. The number of rotatable bonds is 8. The van der Waals surface area contributed by atoms with Crippen molar-refractivity contribution in [2.75, 3.05) is 25.5 Å². The van der Waals surface area contributed by atoms with Crippen LogP contribution in [0.1, 0.15) is 53.8 Å². The average molecular weight is 443 g/mol. The van der Waals surface area contributed by atoms with Gasteiger partial charge in [-0.25, -0.2) is 4.98 Å². The van der Waals surface area contributed by atoms with Gasteiger partial charge in [-0.3, -0.25) is 9.78 Å². The van der Waals surface area contributed by atoms with Crippen molar-refractivity contribution in [2.45, 2.75) is 38.8 Å². The Hall–Kier alpha value is -2.64. The molecule has 3 heterocycles. The maximum atomic E-state index is 12.7. The van der Waals surface area contributed by atoms with Crippen LogP contribution in [0.4, 0.5) is 5.69 Å². The van der Waals surface area contributed by atoms with Gasteiger partial charge in [-0.05, 0) is 49.9 Å². The number of pyridine rings is 2. The van der Waals surface area contributed by atoms with Gasteiger partial charge in [0, 0.05) is 39.2 Å². The van der Waals surface area contributed by atoms with E-state index in [9.17, 15) is 4.79 Å². The SMILES string of the molecule is CC(NC(=O)c1cncc(N(C)C)c1)c1cn2cc(CNCC3CCC3)ccc2n1.Cl. The molecule has 31 heavy (non-hydrogen) atoms. The fourth-order valence-corrected chi connectivity index (χ4v) is 3.64. The summed E-state index contributed by atoms with van der Waals surface area (Å²) in [6.45, 7) is 3.91. The van der Waals surface area contributed by atoms with E-state index in [1.54, 1.807) is 12.4 Å². The lowest BCUT2D eigenvalue weighted by Crippen LogP contribution is -2.27. The summed E-state index contributed by atoms with van der Waals surface area (Å²) in [5.41, 5.74) is 4.37. The Morgan fingerprint density at radius 2 is 2.06 bits per heavy atom. The van der Waals surface area contributed by atoms with Gasteiger partial charge < -0.3 is 19.9 Å². The summed E-state index contributed by atoms with van der Waals surface area (Å²) >= 11 is 0. The van der Waals surface area contributed by atoms with Gasteiger partial charge in [0.2, 0.25) is 0 Å². The molecule has 1 unspecified atom stereocenters. The molecule has 2 N–H and O–H groups in total. The molecule has 166 valence electrons. The van der Waals surface area contributed by atoms with Gasteiger partial charge in [0.15, 0.2) is 0 Å². The van der Waals surface area contributed by atoms with Crippen molar-refractivity contribution in [3.05, 3.63) is 59.8 Å². The highest BCUT2D eigenvalue weighted by atomic mass is 35.5. The molecule has 1 aliphatic carbocycles. The minimum Gasteiger partial charge on any atom is -0.376 e. The van der Waals surface area contributed by atoms with Gasteiger partial charge in [-0.1, -0.05) is 12.5 Å². The largest absolute Gasteiger partial charge is 0.376 e. The first kappa shape index (κ1) is 23.0. The molecule has 1 fully saturated rings. The Morgan fingerprint density at radius 3 is 2.77 bits per heavy atom. The second-order valence-corrected chi connectivity index (χ2v) is 8.42. The molecule has 0 radical (unpaired) electrons. The number of anilines is 1. The smallest absolute Gasteiger partial charge is 0.253 e. The van der Waals surface area contributed by atoms with Crippen LogP contribution >= 0.6 is 12.4 Å². The lowest BCUT2D eigenvalue weighted by Gasteiger charge is -2.25. The van der Waals surface area contributed by atoms with Gasteiger partial charge in [0.05, 0.1) is 29.2 Å². The van der Waals surface area contributed by atoms with Crippen LogP contribution in [0, 0.1) is 5.92 Å². The van der Waals surface area contributed by atoms with Crippen molar-refractivity contribution >= 4 is 29.6 Å². The number of carbonyl (C=O) groups excluding carboxylic acids is 1. The summed E-state index contributed by atoms with van der Waals surface area (Å²) in [7, 11) is 3.85. The predicted octanol–water partition coefficient (Wildman–Crippen LogP) is 3.60. The number of nitrogens with one attached hydrogen (secondary N) is 2. The molecule has 8 heteroatoms. The number of aromatic nitrogens is 3. The molecule has 1 atom stereocenters. The van der Waals surface area contributed by atoms with Crippen LogP contribution in [0.5, 0.6) is 0 Å². The molecular formula is C23H31ClN6O. The molecule has 3 aromatic heterocycles. The number of carbonyl (C=O) groups is 1. The van der Waals surface area contributed by atoms with Crippen LogP contribution in [0.3, 0.4) is 0 Å². The van der Waals surface area contributed by atoms with E-state index in [1.165, 1.54) is 24.8 Å². The monoisotopic (exact) mass is 442 g/mol. The van der Waals surface area contributed by atoms with Crippen molar-refractivity contribution in [3.63, 3.8) is 0 Å². The van der Waals surface area contributed by atoms with Crippen LogP contribution in [-0.2, 0) is 6.54 Å². The first-order chi connectivity index (χ1) is 14.5. The van der Waals surface area contributed by atoms with E-state index in [4.69, 9.17) is 0 Å². The molecule has 0 bridgehead atoms. The highest BCUT2D eigenvalue weighted by molar-refractivity contribution is 5.95. The van der Waals surface area contributed by atoms with Gasteiger partial charge in [0.1, 0.15) is 5.65 Å². The molecule has 1 aliphatic rings. The zero-order valence-corrected chi connectivity index (χ0v) is 19.2. The van der Waals surface area contributed by atoms with Crippen LogP contribution in [0.15, 0.2) is 43.0 Å². The number of fused-ring (bicyclic) bond motifs is 1. The first-order valence-corrected chi connectivity index (χ1v) is 10.6. The Kier molecular flexibility index (Phi) is 7.51. The molecule has 7 nitrogen and oxygen atoms in total. The fraction of sp³-hybridized carbons (Fsp3) is 0.435. The van der Waals surface area contributed by atoms with E-state index >= 15 is 0 Å². The maximum Gasteiger partial charge on any atom is 0.253 e. The third-order valence-corrected chi connectivity index (χ3v) is 5.81. The quantitative estimate of drug-likeness (QED) is 0.557. The summed E-state index contributed by atoms with van der Waals surface area (Å²) < 4.78 is 2.03. The normalized spacial score (nSPS) is 14.5. The second kappa shape index (κ2) is 10.1. The van der Waals surface area contributed by atoms with E-state index in [1.807, 2.05) is 48.6 Å². The molecule has 3 aromatic rings. The van der Waals surface area contributed by atoms with Crippen molar-refractivity contribution in [1.29, 1.82) is 0 Å². The van der Waals surface area contributed by atoms with E-state index in [0.717, 1.165) is 36.0 Å². The van der Waals surface area contributed by atoms with Crippen molar-refractivity contribution < 1.29 is 4.79 Å². The highest BCUT2D eigenvalue weighted by Gasteiger charge is 2.17. The Balaban J connectivity index is 0.00000272. The maximum absolute atomic E-state index is 12.7. The second-order valence-electron chi connectivity index (χ2n) is 8.42. The molecule has 0 saturated heterocycles. The minimum absolute atomic E-state index is 0. The van der Waals surface area contributed by atoms with Crippen molar-refractivity contribution in [3.8, 4) is 0 Å². The Morgan fingerprint density at radius 1 is 1.26 bits per heavy atom. The Labute approximate surface area is 189 Å². The van der Waals surface area contributed by atoms with E-state index in [2.05, 4.69) is 32.9 Å².